The number of carbonyl (C=O) groups is 3. The van der Waals surface area contributed by atoms with Gasteiger partial charge in [-0.25, -0.2) is 5.43 Å². The smallest absolute Gasteiger partial charge is 0.305 e. The molecule has 0 unspecified atom stereocenters. The van der Waals surface area contributed by atoms with Gasteiger partial charge in [-0.3, -0.25) is 25.2 Å². The minimum atomic E-state index is -0.561. The van der Waals surface area contributed by atoms with Crippen molar-refractivity contribution in [1.82, 2.24) is 16.3 Å². The first-order valence-electron chi connectivity index (χ1n) is 10.7. The van der Waals surface area contributed by atoms with Crippen LogP contribution in [0.15, 0.2) is 64.1 Å². The van der Waals surface area contributed by atoms with E-state index in [0.717, 1.165) is 17.5 Å². The third-order valence-electron chi connectivity index (χ3n) is 5.43. The van der Waals surface area contributed by atoms with E-state index >= 15 is 0 Å². The number of fused-ring (bicyclic) bond motifs is 1. The molecule has 4 rings (SSSR count). The number of aryl methyl sites for hydroxylation is 2. The number of nitrogens with zero attached hydrogens (tertiary/aromatic N) is 1. The van der Waals surface area contributed by atoms with Gasteiger partial charge in [0, 0.05) is 28.7 Å². The van der Waals surface area contributed by atoms with Crippen LogP contribution in [0.3, 0.4) is 0 Å². The van der Waals surface area contributed by atoms with Crippen molar-refractivity contribution in [3.05, 3.63) is 93.9 Å². The van der Waals surface area contributed by atoms with E-state index in [9.17, 15) is 14.4 Å². The highest BCUT2D eigenvalue weighted by atomic mass is 16.4. The molecule has 0 spiro atoms. The van der Waals surface area contributed by atoms with Crippen LogP contribution in [0, 0.1) is 13.8 Å². The van der Waals surface area contributed by atoms with Crippen LogP contribution in [0.4, 0.5) is 0 Å². The Morgan fingerprint density at radius 1 is 0.848 bits per heavy atom. The molecule has 3 aromatic rings. The Balaban J connectivity index is 1.49. The lowest BCUT2D eigenvalue weighted by Gasteiger charge is -2.13. The fraction of sp³-hybridized carbons (Fsp3) is 0.200. The Hall–Kier alpha value is -4.20. The van der Waals surface area contributed by atoms with Gasteiger partial charge in [-0.2, -0.15) is 5.10 Å². The van der Waals surface area contributed by atoms with Crippen molar-refractivity contribution in [1.29, 1.82) is 0 Å². The van der Waals surface area contributed by atoms with Gasteiger partial charge in [-0.1, -0.05) is 35.9 Å². The highest BCUT2D eigenvalue weighted by Crippen LogP contribution is 2.29. The lowest BCUT2D eigenvalue weighted by atomic mass is 9.93. The van der Waals surface area contributed by atoms with Crippen molar-refractivity contribution >= 4 is 23.4 Å². The number of nitrogens with one attached hydrogen (secondary N) is 3. The Bertz CT molecular complexity index is 1240. The van der Waals surface area contributed by atoms with E-state index in [-0.39, 0.29) is 11.7 Å². The predicted molar refractivity (Wildman–Crippen MR) is 123 cm³/mol. The van der Waals surface area contributed by atoms with Gasteiger partial charge in [-0.05, 0) is 51.0 Å². The van der Waals surface area contributed by atoms with Gasteiger partial charge in [0.25, 0.3) is 11.8 Å². The summed E-state index contributed by atoms with van der Waals surface area (Å²) in [7, 11) is 0. The molecule has 8 nitrogen and oxygen atoms in total. The minimum Gasteiger partial charge on any atom is -0.455 e. The highest BCUT2D eigenvalue weighted by Gasteiger charge is 2.28. The van der Waals surface area contributed by atoms with Crippen LogP contribution < -0.4 is 16.3 Å². The van der Waals surface area contributed by atoms with Gasteiger partial charge in [0.05, 0.1) is 5.71 Å². The SMILES string of the molecule is Cc1cccc(C(=O)N/N=C2\CCCc3oc(C(=O)NNC(=O)c4ccccc4)c(C)c32)c1. The Morgan fingerprint density at radius 2 is 1.58 bits per heavy atom. The third kappa shape index (κ3) is 4.85. The largest absolute Gasteiger partial charge is 0.455 e. The van der Waals surface area contributed by atoms with Crippen LogP contribution >= 0.6 is 0 Å². The molecule has 8 heteroatoms. The van der Waals surface area contributed by atoms with Crippen LogP contribution in [0.5, 0.6) is 0 Å². The fourth-order valence-electron chi connectivity index (χ4n) is 3.80. The molecule has 1 aromatic heterocycles. The van der Waals surface area contributed by atoms with Crippen molar-refractivity contribution in [2.24, 2.45) is 5.10 Å². The second-order valence-electron chi connectivity index (χ2n) is 7.85. The number of carbonyl (C=O) groups excluding carboxylic acids is 3. The van der Waals surface area contributed by atoms with Crippen molar-refractivity contribution in [3.63, 3.8) is 0 Å². The van der Waals surface area contributed by atoms with E-state index in [0.29, 0.717) is 41.0 Å². The molecule has 0 bridgehead atoms. The molecule has 0 atom stereocenters. The van der Waals surface area contributed by atoms with Crippen molar-refractivity contribution < 1.29 is 18.8 Å². The van der Waals surface area contributed by atoms with Gasteiger partial charge >= 0.3 is 5.91 Å². The van der Waals surface area contributed by atoms with E-state index in [1.807, 2.05) is 19.1 Å². The zero-order valence-corrected chi connectivity index (χ0v) is 18.4. The van der Waals surface area contributed by atoms with Gasteiger partial charge in [0.1, 0.15) is 5.76 Å². The number of benzene rings is 2. The average molecular weight is 444 g/mol. The summed E-state index contributed by atoms with van der Waals surface area (Å²) in [6.07, 6.45) is 2.09. The first-order chi connectivity index (χ1) is 15.9. The summed E-state index contributed by atoms with van der Waals surface area (Å²) in [5.41, 5.74) is 11.3. The molecule has 2 aromatic carbocycles. The molecule has 1 aliphatic carbocycles. The summed E-state index contributed by atoms with van der Waals surface area (Å²) < 4.78 is 5.82. The van der Waals surface area contributed by atoms with E-state index in [2.05, 4.69) is 21.4 Å². The summed E-state index contributed by atoms with van der Waals surface area (Å²) in [5.74, 6) is -0.552. The molecule has 0 fully saturated rings. The highest BCUT2D eigenvalue weighted by molar-refractivity contribution is 6.07. The Kier molecular flexibility index (Phi) is 6.35. The standard InChI is InChI=1S/C25H24N4O4/c1-15-8-6-11-18(14-15)24(31)27-26-19-12-7-13-20-21(19)16(2)22(33-20)25(32)29-28-23(30)17-9-4-3-5-10-17/h3-6,8-11,14H,7,12-13H2,1-2H3,(H,27,31)(H,28,30)(H,29,32)/b26-19+. The predicted octanol–water partition coefficient (Wildman–Crippen LogP) is 3.44. The van der Waals surface area contributed by atoms with Crippen LogP contribution in [0.25, 0.3) is 0 Å². The number of hydrazone groups is 1. The maximum atomic E-state index is 12.7. The van der Waals surface area contributed by atoms with Crippen molar-refractivity contribution in [3.8, 4) is 0 Å². The molecule has 0 aliphatic heterocycles. The normalized spacial score (nSPS) is 13.8. The zero-order chi connectivity index (χ0) is 23.4. The van der Waals surface area contributed by atoms with E-state index in [1.165, 1.54) is 0 Å². The van der Waals surface area contributed by atoms with Gasteiger partial charge in [0.2, 0.25) is 0 Å². The molecular weight excluding hydrogens is 420 g/mol. The first-order valence-corrected chi connectivity index (χ1v) is 10.7. The lowest BCUT2D eigenvalue weighted by Crippen LogP contribution is -2.41. The quantitative estimate of drug-likeness (QED) is 0.535. The molecule has 168 valence electrons. The van der Waals surface area contributed by atoms with Crippen LogP contribution in [-0.4, -0.2) is 23.4 Å². The zero-order valence-electron chi connectivity index (χ0n) is 18.4. The minimum absolute atomic E-state index is 0.105. The van der Waals surface area contributed by atoms with Crippen LogP contribution in [0.1, 0.15) is 66.6 Å². The maximum absolute atomic E-state index is 12.7. The second-order valence-corrected chi connectivity index (χ2v) is 7.85. The number of hydrogen-bond acceptors (Lipinski definition) is 5. The monoisotopic (exact) mass is 444 g/mol. The van der Waals surface area contributed by atoms with Crippen molar-refractivity contribution in [2.45, 2.75) is 33.1 Å². The number of hydrazine groups is 1. The summed E-state index contributed by atoms with van der Waals surface area (Å²) in [4.78, 5) is 37.3. The van der Waals surface area contributed by atoms with E-state index in [4.69, 9.17) is 4.42 Å². The lowest BCUT2D eigenvalue weighted by molar-refractivity contribution is 0.0829. The average Bonchev–Trinajstić information content (AvgIpc) is 3.18. The summed E-state index contributed by atoms with van der Waals surface area (Å²) >= 11 is 0. The topological polar surface area (TPSA) is 113 Å². The van der Waals surface area contributed by atoms with Gasteiger partial charge < -0.3 is 4.42 Å². The van der Waals surface area contributed by atoms with Crippen molar-refractivity contribution in [2.75, 3.05) is 0 Å². The summed E-state index contributed by atoms with van der Waals surface area (Å²) in [6, 6.07) is 15.8. The first kappa shape index (κ1) is 22.0. The number of rotatable bonds is 4. The van der Waals surface area contributed by atoms with Crippen LogP contribution in [-0.2, 0) is 6.42 Å². The molecule has 0 saturated carbocycles. The number of amides is 3. The molecule has 3 amide bonds. The Morgan fingerprint density at radius 3 is 2.33 bits per heavy atom. The molecule has 3 N–H and O–H groups in total. The van der Waals surface area contributed by atoms with Gasteiger partial charge in [-0.15, -0.1) is 0 Å². The molecule has 33 heavy (non-hydrogen) atoms. The molecule has 0 saturated heterocycles. The summed E-state index contributed by atoms with van der Waals surface area (Å²) in [6.45, 7) is 3.68. The number of hydrogen-bond donors (Lipinski definition) is 3. The molecule has 1 heterocycles. The van der Waals surface area contributed by atoms with Crippen LogP contribution in [0.2, 0.25) is 0 Å². The molecule has 1 aliphatic rings. The van der Waals surface area contributed by atoms with E-state index in [1.54, 1.807) is 49.4 Å². The third-order valence-corrected chi connectivity index (χ3v) is 5.43. The Labute approximate surface area is 191 Å². The van der Waals surface area contributed by atoms with Gasteiger partial charge in [0.15, 0.2) is 5.76 Å². The summed E-state index contributed by atoms with van der Waals surface area (Å²) in [5, 5.41) is 4.33. The number of furan rings is 1. The molecule has 0 radical (unpaired) electrons. The molecular formula is C25H24N4O4. The maximum Gasteiger partial charge on any atom is 0.305 e. The van der Waals surface area contributed by atoms with E-state index < -0.39 is 11.8 Å². The second kappa shape index (κ2) is 9.52. The fourth-order valence-corrected chi connectivity index (χ4v) is 3.80.